The van der Waals surface area contributed by atoms with E-state index in [1.807, 2.05) is 13.8 Å². The van der Waals surface area contributed by atoms with Gasteiger partial charge in [-0.05, 0) is 43.7 Å². The summed E-state index contributed by atoms with van der Waals surface area (Å²) in [4.78, 5) is 37.8. The molecule has 1 atom stereocenters. The number of benzene rings is 1. The predicted molar refractivity (Wildman–Crippen MR) is 133 cm³/mol. The molecule has 3 rings (SSSR count). The van der Waals surface area contributed by atoms with Crippen LogP contribution in [-0.4, -0.2) is 45.1 Å². The number of carbonyl (C=O) groups is 1. The molecule has 13 heteroatoms. The molecule has 0 aliphatic carbocycles. The molecule has 0 unspecified atom stereocenters. The number of nitrogens with zero attached hydrogens (tertiary/aromatic N) is 1. The number of anilines is 1. The van der Waals surface area contributed by atoms with E-state index >= 15 is 0 Å². The third-order valence-corrected chi connectivity index (χ3v) is 5.65. The molecule has 0 radical (unpaired) electrons. The molecule has 0 aliphatic rings. The maximum absolute atomic E-state index is 13.0. The van der Waals surface area contributed by atoms with Gasteiger partial charge >= 0.3 is 7.82 Å². The van der Waals surface area contributed by atoms with Gasteiger partial charge < -0.3 is 30.1 Å². The van der Waals surface area contributed by atoms with Gasteiger partial charge in [-0.15, -0.1) is 0 Å². The van der Waals surface area contributed by atoms with Crippen molar-refractivity contribution in [3.05, 3.63) is 70.1 Å². The summed E-state index contributed by atoms with van der Waals surface area (Å²) in [6, 6.07) is 9.74. The average molecular weight is 543 g/mol. The lowest BCUT2D eigenvalue weighted by Crippen LogP contribution is -2.32. The van der Waals surface area contributed by atoms with Gasteiger partial charge in [0.2, 0.25) is 0 Å². The van der Waals surface area contributed by atoms with Crippen LogP contribution in [0, 0.1) is 0 Å². The standard InChI is InChI=1S/C22H25Cl2N4O6P/c1-13(2)27-21-8-17(18(24)10-26-21)15-7-19(25-9-15)22(29)28-20(11-33-12-34-35(30,31)32)14-4-3-5-16(23)6-14/h3-10,13,20,25H,11-12H2,1-2H3,(H,26,27)(H,28,29)(H2,30,31,32)/t20-/m1/s1. The highest BCUT2D eigenvalue weighted by molar-refractivity contribution is 7.46. The van der Waals surface area contributed by atoms with Crippen molar-refractivity contribution in [3.63, 3.8) is 0 Å². The quantitative estimate of drug-likeness (QED) is 0.132. The van der Waals surface area contributed by atoms with Gasteiger partial charge in [-0.1, -0.05) is 35.3 Å². The molecule has 0 spiro atoms. The van der Waals surface area contributed by atoms with E-state index < -0.39 is 26.6 Å². The normalized spacial score (nSPS) is 12.5. The number of hydrogen-bond donors (Lipinski definition) is 5. The van der Waals surface area contributed by atoms with Crippen molar-refractivity contribution in [1.29, 1.82) is 0 Å². The monoisotopic (exact) mass is 542 g/mol. The molecule has 10 nitrogen and oxygen atoms in total. The summed E-state index contributed by atoms with van der Waals surface area (Å²) in [6.45, 7) is 3.21. The topological polar surface area (TPSA) is 146 Å². The highest BCUT2D eigenvalue weighted by atomic mass is 35.5. The van der Waals surface area contributed by atoms with E-state index in [4.69, 9.17) is 37.7 Å². The number of carbonyl (C=O) groups excluding carboxylic acids is 1. The lowest BCUT2D eigenvalue weighted by molar-refractivity contribution is -0.0106. The van der Waals surface area contributed by atoms with Gasteiger partial charge in [-0.3, -0.25) is 9.32 Å². The van der Waals surface area contributed by atoms with Crippen LogP contribution < -0.4 is 10.6 Å². The number of phosphoric ester groups is 1. The highest BCUT2D eigenvalue weighted by Gasteiger charge is 2.20. The summed E-state index contributed by atoms with van der Waals surface area (Å²) < 4.78 is 20.4. The summed E-state index contributed by atoms with van der Waals surface area (Å²) in [7, 11) is -4.68. The number of amides is 1. The molecule has 188 valence electrons. The lowest BCUT2D eigenvalue weighted by Gasteiger charge is -2.19. The number of halogens is 2. The Balaban J connectivity index is 1.76. The molecule has 0 fully saturated rings. The second kappa shape index (κ2) is 12.0. The molecule has 0 saturated carbocycles. The molecule has 35 heavy (non-hydrogen) atoms. The second-order valence-electron chi connectivity index (χ2n) is 7.84. The van der Waals surface area contributed by atoms with Gasteiger partial charge in [0.05, 0.1) is 17.7 Å². The van der Waals surface area contributed by atoms with E-state index in [1.165, 1.54) is 0 Å². The maximum atomic E-state index is 13.0. The van der Waals surface area contributed by atoms with Crippen molar-refractivity contribution >= 4 is 42.7 Å². The first-order valence-corrected chi connectivity index (χ1v) is 12.8. The molecular weight excluding hydrogens is 518 g/mol. The third-order valence-electron chi connectivity index (χ3n) is 4.68. The van der Waals surface area contributed by atoms with Gasteiger partial charge in [0.15, 0.2) is 6.79 Å². The molecule has 1 aromatic carbocycles. The highest BCUT2D eigenvalue weighted by Crippen LogP contribution is 2.35. The minimum Gasteiger partial charge on any atom is -0.368 e. The molecule has 5 N–H and O–H groups in total. The summed E-state index contributed by atoms with van der Waals surface area (Å²) in [5, 5.41) is 6.92. The Hall–Kier alpha value is -2.43. The minimum atomic E-state index is -4.68. The number of aromatic nitrogens is 2. The molecule has 0 saturated heterocycles. The van der Waals surface area contributed by atoms with Crippen LogP contribution >= 0.6 is 31.0 Å². The van der Waals surface area contributed by atoms with E-state index in [9.17, 15) is 9.36 Å². The molecule has 2 aromatic heterocycles. The summed E-state index contributed by atoms with van der Waals surface area (Å²) >= 11 is 12.4. The van der Waals surface area contributed by atoms with Crippen molar-refractivity contribution in [2.24, 2.45) is 0 Å². The van der Waals surface area contributed by atoms with E-state index in [-0.39, 0.29) is 18.3 Å². The van der Waals surface area contributed by atoms with Crippen LogP contribution in [0.15, 0.2) is 48.8 Å². The Morgan fingerprint density at radius 2 is 2.00 bits per heavy atom. The first-order valence-electron chi connectivity index (χ1n) is 10.5. The first kappa shape index (κ1) is 27.2. The van der Waals surface area contributed by atoms with E-state index in [1.54, 1.807) is 48.8 Å². The molecule has 0 bridgehead atoms. The Labute approximate surface area is 212 Å². The summed E-state index contributed by atoms with van der Waals surface area (Å²) in [5.41, 5.74) is 2.30. The number of nitrogens with one attached hydrogen (secondary N) is 3. The second-order valence-corrected chi connectivity index (χ2v) is 9.92. The van der Waals surface area contributed by atoms with Crippen molar-refractivity contribution < 1.29 is 28.4 Å². The van der Waals surface area contributed by atoms with Crippen LogP contribution in [-0.2, 0) is 13.8 Å². The Bertz CT molecular complexity index is 1220. The zero-order valence-electron chi connectivity index (χ0n) is 18.9. The fourth-order valence-corrected chi connectivity index (χ4v) is 3.79. The number of aromatic amines is 1. The van der Waals surface area contributed by atoms with Gasteiger partial charge in [-0.2, -0.15) is 0 Å². The molecule has 0 aliphatic heterocycles. The summed E-state index contributed by atoms with van der Waals surface area (Å²) in [5.74, 6) is 0.216. The smallest absolute Gasteiger partial charge is 0.368 e. The number of hydrogen-bond acceptors (Lipinski definition) is 6. The Morgan fingerprint density at radius 3 is 2.69 bits per heavy atom. The predicted octanol–water partition coefficient (Wildman–Crippen LogP) is 4.76. The zero-order valence-corrected chi connectivity index (χ0v) is 21.3. The third kappa shape index (κ3) is 8.33. The number of pyridine rings is 1. The van der Waals surface area contributed by atoms with Gasteiger partial charge in [-0.25, -0.2) is 9.55 Å². The van der Waals surface area contributed by atoms with Crippen LogP contribution in [0.3, 0.4) is 0 Å². The van der Waals surface area contributed by atoms with Crippen LogP contribution in [0.1, 0.15) is 35.9 Å². The Morgan fingerprint density at radius 1 is 1.23 bits per heavy atom. The number of ether oxygens (including phenoxy) is 1. The SMILES string of the molecule is CC(C)Nc1cc(-c2c[nH]c(C(=O)N[C@H](COCOP(=O)(O)O)c3cccc(Cl)c3)c2)c(Cl)cn1. The Kier molecular flexibility index (Phi) is 9.32. The van der Waals surface area contributed by atoms with E-state index in [0.29, 0.717) is 32.6 Å². The zero-order chi connectivity index (χ0) is 25.6. The number of H-pyrrole nitrogens is 1. The maximum Gasteiger partial charge on any atom is 0.471 e. The fourth-order valence-electron chi connectivity index (χ4n) is 3.17. The van der Waals surface area contributed by atoms with Crippen LogP contribution in [0.4, 0.5) is 5.82 Å². The van der Waals surface area contributed by atoms with Gasteiger partial charge in [0.25, 0.3) is 5.91 Å². The molecule has 1 amide bonds. The molecule has 3 aromatic rings. The van der Waals surface area contributed by atoms with Crippen LogP contribution in [0.2, 0.25) is 10.0 Å². The van der Waals surface area contributed by atoms with Crippen molar-refractivity contribution in [3.8, 4) is 11.1 Å². The molecular formula is C22H25Cl2N4O6P. The van der Waals surface area contributed by atoms with Crippen molar-refractivity contribution in [2.45, 2.75) is 25.9 Å². The number of phosphoric acid groups is 1. The van der Waals surface area contributed by atoms with Crippen molar-refractivity contribution in [1.82, 2.24) is 15.3 Å². The van der Waals surface area contributed by atoms with E-state index in [2.05, 4.69) is 25.1 Å². The lowest BCUT2D eigenvalue weighted by atomic mass is 10.1. The average Bonchev–Trinajstić information content (AvgIpc) is 3.26. The molecule has 2 heterocycles. The first-order chi connectivity index (χ1) is 16.5. The van der Waals surface area contributed by atoms with Crippen LogP contribution in [0.25, 0.3) is 11.1 Å². The minimum absolute atomic E-state index is 0.125. The van der Waals surface area contributed by atoms with Crippen LogP contribution in [0.5, 0.6) is 0 Å². The van der Waals surface area contributed by atoms with E-state index in [0.717, 1.165) is 0 Å². The summed E-state index contributed by atoms with van der Waals surface area (Å²) in [6.07, 6.45) is 3.20. The van der Waals surface area contributed by atoms with Crippen molar-refractivity contribution in [2.75, 3.05) is 18.7 Å². The number of rotatable bonds is 11. The fraction of sp³-hybridized carbons (Fsp3) is 0.273. The van der Waals surface area contributed by atoms with Gasteiger partial charge in [0, 0.05) is 34.6 Å². The van der Waals surface area contributed by atoms with Gasteiger partial charge in [0.1, 0.15) is 11.5 Å². The largest absolute Gasteiger partial charge is 0.471 e.